The van der Waals surface area contributed by atoms with Crippen LogP contribution in [0.25, 0.3) is 0 Å². The molecule has 3 N–H and O–H groups in total. The van der Waals surface area contributed by atoms with Gasteiger partial charge in [-0.3, -0.25) is 11.3 Å². The molecule has 0 fully saturated rings. The predicted molar refractivity (Wildman–Crippen MR) is 74.7 cm³/mol. The number of nitrogens with zero attached hydrogens (tertiary/aromatic N) is 2. The second kappa shape index (κ2) is 7.14. The van der Waals surface area contributed by atoms with E-state index < -0.39 is 6.61 Å². The summed E-state index contributed by atoms with van der Waals surface area (Å²) >= 11 is 0. The van der Waals surface area contributed by atoms with Crippen LogP contribution in [0.15, 0.2) is 36.7 Å². The molecular weight excluding hydrogens is 278 g/mol. The number of aryl methyl sites for hydroxylation is 1. The van der Waals surface area contributed by atoms with Crippen molar-refractivity contribution in [2.45, 2.75) is 32.5 Å². The number of aromatic nitrogens is 2. The van der Waals surface area contributed by atoms with Gasteiger partial charge in [-0.2, -0.15) is 8.78 Å². The molecule has 1 unspecified atom stereocenters. The van der Waals surface area contributed by atoms with Crippen LogP contribution < -0.4 is 16.0 Å². The third-order valence-corrected chi connectivity index (χ3v) is 3.24. The molecule has 114 valence electrons. The standard InChI is InChI=1S/C14H18F2N4O/c1-2-20-8-7-18-13(20)9-11(19-17)10-5-3-4-6-12(10)21-14(15)16/h3-8,11,14,19H,2,9,17H2,1H3. The molecule has 2 aromatic rings. The third kappa shape index (κ3) is 3.77. The minimum absolute atomic E-state index is 0.116. The summed E-state index contributed by atoms with van der Waals surface area (Å²) in [5, 5.41) is 0. The molecule has 2 rings (SSSR count). The molecule has 1 aromatic heterocycles. The number of ether oxygens (including phenoxy) is 1. The Bertz CT molecular complexity index is 574. The molecule has 0 amide bonds. The summed E-state index contributed by atoms with van der Waals surface area (Å²) in [6, 6.07) is 6.23. The van der Waals surface area contributed by atoms with Gasteiger partial charge >= 0.3 is 6.61 Å². The molecule has 0 saturated carbocycles. The second-order valence-corrected chi connectivity index (χ2v) is 4.47. The Labute approximate surface area is 121 Å². The Morgan fingerprint density at radius 1 is 1.38 bits per heavy atom. The van der Waals surface area contributed by atoms with E-state index in [-0.39, 0.29) is 11.8 Å². The lowest BCUT2D eigenvalue weighted by atomic mass is 10.0. The lowest BCUT2D eigenvalue weighted by Gasteiger charge is -2.19. The highest BCUT2D eigenvalue weighted by Gasteiger charge is 2.19. The molecule has 0 saturated heterocycles. The maximum absolute atomic E-state index is 12.5. The van der Waals surface area contributed by atoms with Crippen LogP contribution in [0, 0.1) is 0 Å². The van der Waals surface area contributed by atoms with E-state index in [1.807, 2.05) is 17.7 Å². The fourth-order valence-electron chi connectivity index (χ4n) is 2.23. The maximum atomic E-state index is 12.5. The van der Waals surface area contributed by atoms with Crippen molar-refractivity contribution in [2.24, 2.45) is 5.84 Å². The highest BCUT2D eigenvalue weighted by atomic mass is 19.3. The third-order valence-electron chi connectivity index (χ3n) is 3.24. The molecule has 0 aliphatic rings. The smallest absolute Gasteiger partial charge is 0.387 e. The van der Waals surface area contributed by atoms with Crippen LogP contribution in [0.5, 0.6) is 5.75 Å². The van der Waals surface area contributed by atoms with Crippen LogP contribution >= 0.6 is 0 Å². The molecule has 1 heterocycles. The number of para-hydroxylation sites is 1. The molecule has 1 atom stereocenters. The predicted octanol–water partition coefficient (Wildman–Crippen LogP) is 2.25. The zero-order chi connectivity index (χ0) is 15.2. The van der Waals surface area contributed by atoms with E-state index in [9.17, 15) is 8.78 Å². The summed E-state index contributed by atoms with van der Waals surface area (Å²) in [6.45, 7) is -0.0895. The summed E-state index contributed by atoms with van der Waals surface area (Å²) in [5.41, 5.74) is 3.22. The summed E-state index contributed by atoms with van der Waals surface area (Å²) in [4.78, 5) is 4.27. The summed E-state index contributed by atoms with van der Waals surface area (Å²) in [7, 11) is 0. The Hall–Kier alpha value is -1.99. The van der Waals surface area contributed by atoms with E-state index >= 15 is 0 Å². The Morgan fingerprint density at radius 3 is 2.81 bits per heavy atom. The first-order valence-corrected chi connectivity index (χ1v) is 6.65. The van der Waals surface area contributed by atoms with E-state index in [0.29, 0.717) is 12.0 Å². The van der Waals surface area contributed by atoms with E-state index in [4.69, 9.17) is 5.84 Å². The SMILES string of the molecule is CCn1ccnc1CC(NN)c1ccccc1OC(F)F. The van der Waals surface area contributed by atoms with Gasteiger partial charge in [-0.05, 0) is 13.0 Å². The van der Waals surface area contributed by atoms with Crippen LogP contribution in [0.1, 0.15) is 24.4 Å². The van der Waals surface area contributed by atoms with Gasteiger partial charge in [0.2, 0.25) is 0 Å². The number of halogens is 2. The van der Waals surface area contributed by atoms with E-state index in [1.165, 1.54) is 6.07 Å². The normalized spacial score (nSPS) is 12.6. The number of hydrazine groups is 1. The molecule has 21 heavy (non-hydrogen) atoms. The van der Waals surface area contributed by atoms with Crippen LogP contribution in [0.2, 0.25) is 0 Å². The summed E-state index contributed by atoms with van der Waals surface area (Å²) in [5.74, 6) is 6.52. The molecule has 0 aliphatic heterocycles. The van der Waals surface area contributed by atoms with Gasteiger partial charge in [0, 0.05) is 30.9 Å². The topological polar surface area (TPSA) is 65.1 Å². The van der Waals surface area contributed by atoms with Crippen molar-refractivity contribution in [2.75, 3.05) is 0 Å². The Kier molecular flexibility index (Phi) is 5.24. The van der Waals surface area contributed by atoms with Crippen molar-refractivity contribution >= 4 is 0 Å². The first-order chi connectivity index (χ1) is 10.2. The Morgan fingerprint density at radius 2 is 2.14 bits per heavy atom. The van der Waals surface area contributed by atoms with Crippen molar-refractivity contribution in [3.8, 4) is 5.75 Å². The average Bonchev–Trinajstić information content (AvgIpc) is 2.92. The first-order valence-electron chi connectivity index (χ1n) is 6.65. The van der Waals surface area contributed by atoms with E-state index in [0.717, 1.165) is 12.4 Å². The monoisotopic (exact) mass is 296 g/mol. The number of imidazole rings is 1. The van der Waals surface area contributed by atoms with Gasteiger partial charge in [-0.1, -0.05) is 18.2 Å². The van der Waals surface area contributed by atoms with Gasteiger partial charge in [0.15, 0.2) is 0 Å². The highest BCUT2D eigenvalue weighted by Crippen LogP contribution is 2.28. The van der Waals surface area contributed by atoms with Crippen molar-refractivity contribution in [1.82, 2.24) is 15.0 Å². The molecule has 0 aliphatic carbocycles. The minimum atomic E-state index is -2.87. The van der Waals surface area contributed by atoms with Gasteiger partial charge in [-0.15, -0.1) is 0 Å². The maximum Gasteiger partial charge on any atom is 0.387 e. The van der Waals surface area contributed by atoms with Crippen LogP contribution in [0.4, 0.5) is 8.78 Å². The summed E-state index contributed by atoms with van der Waals surface area (Å²) < 4.78 is 31.5. The minimum Gasteiger partial charge on any atom is -0.434 e. The number of nitrogens with one attached hydrogen (secondary N) is 1. The number of alkyl halides is 2. The van der Waals surface area contributed by atoms with Gasteiger partial charge < -0.3 is 9.30 Å². The van der Waals surface area contributed by atoms with Crippen molar-refractivity contribution in [1.29, 1.82) is 0 Å². The van der Waals surface area contributed by atoms with Gasteiger partial charge in [-0.25, -0.2) is 4.98 Å². The zero-order valence-electron chi connectivity index (χ0n) is 11.7. The zero-order valence-corrected chi connectivity index (χ0v) is 11.7. The van der Waals surface area contributed by atoms with Crippen molar-refractivity contribution < 1.29 is 13.5 Å². The lowest BCUT2D eigenvalue weighted by Crippen LogP contribution is -2.31. The molecule has 7 heteroatoms. The van der Waals surface area contributed by atoms with Crippen molar-refractivity contribution in [3.05, 3.63) is 48.0 Å². The Balaban J connectivity index is 2.25. The van der Waals surface area contributed by atoms with E-state index in [2.05, 4.69) is 15.1 Å². The van der Waals surface area contributed by atoms with Gasteiger partial charge in [0.1, 0.15) is 11.6 Å². The quantitative estimate of drug-likeness (QED) is 0.607. The van der Waals surface area contributed by atoms with Gasteiger partial charge in [0.25, 0.3) is 0 Å². The summed E-state index contributed by atoms with van der Waals surface area (Å²) in [6.07, 6.45) is 4.04. The van der Waals surface area contributed by atoms with Crippen LogP contribution in [-0.2, 0) is 13.0 Å². The molecule has 0 bridgehead atoms. The van der Waals surface area contributed by atoms with Crippen LogP contribution in [0.3, 0.4) is 0 Å². The largest absolute Gasteiger partial charge is 0.434 e. The van der Waals surface area contributed by atoms with Gasteiger partial charge in [0.05, 0.1) is 6.04 Å². The fourth-order valence-corrected chi connectivity index (χ4v) is 2.23. The first kappa shape index (κ1) is 15.4. The molecule has 0 radical (unpaired) electrons. The van der Waals surface area contributed by atoms with E-state index in [1.54, 1.807) is 24.4 Å². The lowest BCUT2D eigenvalue weighted by molar-refractivity contribution is -0.0507. The molecule has 0 spiro atoms. The van der Waals surface area contributed by atoms with Crippen molar-refractivity contribution in [3.63, 3.8) is 0 Å². The number of hydrogen-bond acceptors (Lipinski definition) is 4. The molecular formula is C14H18F2N4O. The second-order valence-electron chi connectivity index (χ2n) is 4.47. The fraction of sp³-hybridized carbons (Fsp3) is 0.357. The highest BCUT2D eigenvalue weighted by molar-refractivity contribution is 5.36. The molecule has 1 aromatic carbocycles. The number of rotatable bonds is 7. The molecule has 5 nitrogen and oxygen atoms in total. The number of hydrogen-bond donors (Lipinski definition) is 2. The average molecular weight is 296 g/mol. The number of nitrogens with two attached hydrogens (primary N) is 1. The van der Waals surface area contributed by atoms with Crippen LogP contribution in [-0.4, -0.2) is 16.2 Å². The number of benzene rings is 1.